The molecule has 0 spiro atoms. The van der Waals surface area contributed by atoms with Crippen LogP contribution in [-0.2, 0) is 16.0 Å². The summed E-state index contributed by atoms with van der Waals surface area (Å²) < 4.78 is 0. The second-order valence-corrected chi connectivity index (χ2v) is 10.1. The van der Waals surface area contributed by atoms with Crippen molar-refractivity contribution in [2.45, 2.75) is 75.8 Å². The van der Waals surface area contributed by atoms with E-state index in [1.54, 1.807) is 11.5 Å². The van der Waals surface area contributed by atoms with Gasteiger partial charge in [0.2, 0.25) is 11.8 Å². The molecule has 8 nitrogen and oxygen atoms in total. The molecule has 1 aromatic heterocycles. The number of carbonyl (C=O) groups is 3. The van der Waals surface area contributed by atoms with Gasteiger partial charge < -0.3 is 15.6 Å². The first-order valence-corrected chi connectivity index (χ1v) is 13.2. The van der Waals surface area contributed by atoms with Crippen LogP contribution >= 0.6 is 0 Å². The van der Waals surface area contributed by atoms with E-state index in [1.165, 1.54) is 5.56 Å². The highest BCUT2D eigenvalue weighted by Crippen LogP contribution is 2.33. The molecule has 1 atom stereocenters. The zero-order chi connectivity index (χ0) is 26.1. The lowest BCUT2D eigenvalue weighted by Crippen LogP contribution is -2.55. The molecule has 0 radical (unpaired) electrons. The fraction of sp³-hybridized carbons (Fsp3) is 0.414. The number of benzene rings is 2. The molecule has 0 aliphatic heterocycles. The van der Waals surface area contributed by atoms with Gasteiger partial charge in [-0.2, -0.15) is 0 Å². The van der Waals surface area contributed by atoms with Crippen LogP contribution in [0, 0.1) is 0 Å². The Balaban J connectivity index is 1.45. The van der Waals surface area contributed by atoms with Gasteiger partial charge in [-0.1, -0.05) is 74.2 Å². The third-order valence-corrected chi connectivity index (χ3v) is 7.25. The normalized spacial score (nSPS) is 15.3. The number of unbranched alkanes of at least 4 members (excludes halogenated alkanes) is 2. The Morgan fingerprint density at radius 1 is 0.946 bits per heavy atom. The van der Waals surface area contributed by atoms with E-state index in [-0.39, 0.29) is 23.8 Å². The summed E-state index contributed by atoms with van der Waals surface area (Å²) in [5.74, 6) is -0.916. The largest absolute Gasteiger partial charge is 0.351 e. The summed E-state index contributed by atoms with van der Waals surface area (Å²) in [6.07, 6.45) is 7.34. The first-order valence-electron chi connectivity index (χ1n) is 13.2. The highest BCUT2D eigenvalue weighted by molar-refractivity contribution is 6.00. The van der Waals surface area contributed by atoms with Gasteiger partial charge in [0.05, 0.1) is 0 Å². The van der Waals surface area contributed by atoms with E-state index in [1.807, 2.05) is 42.5 Å². The summed E-state index contributed by atoms with van der Waals surface area (Å²) in [4.78, 5) is 41.2. The van der Waals surface area contributed by atoms with Crippen LogP contribution in [-0.4, -0.2) is 39.5 Å². The maximum Gasteiger partial charge on any atom is 0.268 e. The fourth-order valence-corrected chi connectivity index (χ4v) is 5.30. The lowest BCUT2D eigenvalue weighted by atomic mass is 9.88. The Morgan fingerprint density at radius 2 is 1.68 bits per heavy atom. The van der Waals surface area contributed by atoms with Gasteiger partial charge in [0.25, 0.3) is 5.91 Å². The minimum Gasteiger partial charge on any atom is -0.351 e. The average Bonchev–Trinajstić information content (AvgIpc) is 3.55. The number of carbonyl (C=O) groups excluding carboxylic acids is 3. The van der Waals surface area contributed by atoms with Crippen molar-refractivity contribution in [1.29, 1.82) is 0 Å². The molecule has 1 saturated carbocycles. The fourth-order valence-electron chi connectivity index (χ4n) is 5.30. The molecule has 1 aliphatic rings. The number of para-hydroxylation sites is 1. The number of amides is 3. The third-order valence-electron chi connectivity index (χ3n) is 7.25. The standard InChI is InChI=1S/C29H36N4O4/c34-26(33-37)16-6-2-5-15-24(31-27(35)25-19-22-13-7-8-14-23(22)30-25)28(36)32-29(17-9-10-18-29)20-21-11-3-1-4-12-21/h1,3-4,7-8,11-14,19,24,30,37H,2,5-6,9-10,15-18,20H2,(H,31,35)(H,32,36)(H,33,34)/t24-/m0/s1. The number of hydrogen-bond acceptors (Lipinski definition) is 4. The molecule has 4 rings (SSSR count). The Morgan fingerprint density at radius 3 is 2.41 bits per heavy atom. The van der Waals surface area contributed by atoms with Crippen molar-refractivity contribution in [3.8, 4) is 0 Å². The number of nitrogens with one attached hydrogen (secondary N) is 4. The van der Waals surface area contributed by atoms with E-state index in [0.29, 0.717) is 31.4 Å². The molecule has 2 aromatic carbocycles. The minimum atomic E-state index is -0.696. The summed E-state index contributed by atoms with van der Waals surface area (Å²) in [6.45, 7) is 0. The molecule has 5 N–H and O–H groups in total. The van der Waals surface area contributed by atoms with Crippen LogP contribution in [0.1, 0.15) is 73.8 Å². The Kier molecular flexibility index (Phi) is 8.95. The zero-order valence-electron chi connectivity index (χ0n) is 21.1. The van der Waals surface area contributed by atoms with E-state index in [4.69, 9.17) is 5.21 Å². The number of hydrogen-bond donors (Lipinski definition) is 5. The van der Waals surface area contributed by atoms with Crippen molar-refractivity contribution in [3.63, 3.8) is 0 Å². The van der Waals surface area contributed by atoms with E-state index in [0.717, 1.165) is 43.0 Å². The predicted octanol–water partition coefficient (Wildman–Crippen LogP) is 4.39. The maximum atomic E-state index is 13.6. The molecule has 1 fully saturated rings. The van der Waals surface area contributed by atoms with E-state index in [2.05, 4.69) is 27.8 Å². The predicted molar refractivity (Wildman–Crippen MR) is 142 cm³/mol. The van der Waals surface area contributed by atoms with Crippen LogP contribution in [0.5, 0.6) is 0 Å². The molecule has 37 heavy (non-hydrogen) atoms. The van der Waals surface area contributed by atoms with Crippen LogP contribution in [0.25, 0.3) is 10.9 Å². The Hall–Kier alpha value is -3.65. The van der Waals surface area contributed by atoms with Crippen LogP contribution in [0.2, 0.25) is 0 Å². The highest BCUT2D eigenvalue weighted by atomic mass is 16.5. The number of aromatic amines is 1. The lowest BCUT2D eigenvalue weighted by molar-refractivity contribution is -0.129. The first kappa shape index (κ1) is 26.4. The van der Waals surface area contributed by atoms with Gasteiger partial charge in [-0.05, 0) is 49.8 Å². The maximum absolute atomic E-state index is 13.6. The molecule has 1 heterocycles. The monoisotopic (exact) mass is 504 g/mol. The SMILES string of the molecule is O=C(CCCCC[C@H](NC(=O)c1cc2ccccc2[nH]1)C(=O)NC1(Cc2ccccc2)CCCC1)NO. The van der Waals surface area contributed by atoms with E-state index >= 15 is 0 Å². The second kappa shape index (κ2) is 12.5. The molecule has 0 saturated heterocycles. The number of hydroxylamine groups is 1. The van der Waals surface area contributed by atoms with E-state index in [9.17, 15) is 14.4 Å². The van der Waals surface area contributed by atoms with Crippen molar-refractivity contribution in [1.82, 2.24) is 21.1 Å². The molecule has 0 unspecified atom stereocenters. The zero-order valence-corrected chi connectivity index (χ0v) is 21.1. The smallest absolute Gasteiger partial charge is 0.268 e. The van der Waals surface area contributed by atoms with Crippen molar-refractivity contribution in [3.05, 3.63) is 71.9 Å². The van der Waals surface area contributed by atoms with Crippen LogP contribution in [0.3, 0.4) is 0 Å². The van der Waals surface area contributed by atoms with Crippen molar-refractivity contribution in [2.75, 3.05) is 0 Å². The number of rotatable bonds is 12. The molecule has 196 valence electrons. The summed E-state index contributed by atoms with van der Waals surface area (Å²) in [7, 11) is 0. The molecule has 1 aliphatic carbocycles. The molecular weight excluding hydrogens is 468 g/mol. The number of fused-ring (bicyclic) bond motifs is 1. The summed E-state index contributed by atoms with van der Waals surface area (Å²) >= 11 is 0. The van der Waals surface area contributed by atoms with Gasteiger partial charge in [0.15, 0.2) is 0 Å². The number of aromatic nitrogens is 1. The van der Waals surface area contributed by atoms with Gasteiger partial charge in [-0.25, -0.2) is 5.48 Å². The van der Waals surface area contributed by atoms with Gasteiger partial charge in [0.1, 0.15) is 11.7 Å². The third kappa shape index (κ3) is 7.20. The van der Waals surface area contributed by atoms with Crippen LogP contribution < -0.4 is 16.1 Å². The summed E-state index contributed by atoms with van der Waals surface area (Å²) in [5, 5.41) is 15.9. The number of H-pyrrole nitrogens is 1. The topological polar surface area (TPSA) is 123 Å². The minimum absolute atomic E-state index is 0.171. The second-order valence-electron chi connectivity index (χ2n) is 10.1. The summed E-state index contributed by atoms with van der Waals surface area (Å²) in [5.41, 5.74) is 3.79. The quantitative estimate of drug-likeness (QED) is 0.143. The van der Waals surface area contributed by atoms with Crippen molar-refractivity contribution >= 4 is 28.6 Å². The van der Waals surface area contributed by atoms with Gasteiger partial charge in [-0.15, -0.1) is 0 Å². The van der Waals surface area contributed by atoms with Crippen LogP contribution in [0.15, 0.2) is 60.7 Å². The summed E-state index contributed by atoms with van der Waals surface area (Å²) in [6, 6.07) is 19.0. The van der Waals surface area contributed by atoms with Gasteiger partial charge in [0, 0.05) is 22.9 Å². The van der Waals surface area contributed by atoms with Gasteiger partial charge in [-0.3, -0.25) is 19.6 Å². The molecule has 0 bridgehead atoms. The van der Waals surface area contributed by atoms with Crippen molar-refractivity contribution < 1.29 is 19.6 Å². The molecule has 3 aromatic rings. The highest BCUT2D eigenvalue weighted by Gasteiger charge is 2.37. The lowest BCUT2D eigenvalue weighted by Gasteiger charge is -2.33. The Labute approximate surface area is 217 Å². The van der Waals surface area contributed by atoms with E-state index < -0.39 is 11.9 Å². The molecular formula is C29H36N4O4. The van der Waals surface area contributed by atoms with Gasteiger partial charge >= 0.3 is 0 Å². The Bertz CT molecular complexity index is 1170. The molecule has 3 amide bonds. The van der Waals surface area contributed by atoms with Crippen LogP contribution in [0.4, 0.5) is 0 Å². The average molecular weight is 505 g/mol. The van der Waals surface area contributed by atoms with Crippen molar-refractivity contribution in [2.24, 2.45) is 0 Å². The molecule has 8 heteroatoms. The first-order chi connectivity index (χ1) is 18.0.